The number of halogens is 1. The van der Waals surface area contributed by atoms with Crippen LogP contribution in [0.3, 0.4) is 0 Å². The van der Waals surface area contributed by atoms with Gasteiger partial charge in [-0.1, -0.05) is 24.3 Å². The average molecular weight is 351 g/mol. The first-order valence-corrected chi connectivity index (χ1v) is 9.09. The lowest BCUT2D eigenvalue weighted by molar-refractivity contribution is 0.0591. The fourth-order valence-corrected chi connectivity index (χ4v) is 4.15. The summed E-state index contributed by atoms with van der Waals surface area (Å²) in [4.78, 5) is 2.42. The van der Waals surface area contributed by atoms with Gasteiger partial charge in [0.25, 0.3) is 0 Å². The summed E-state index contributed by atoms with van der Waals surface area (Å²) in [6.45, 7) is 1.87. The van der Waals surface area contributed by atoms with Crippen molar-refractivity contribution < 1.29 is 9.13 Å². The van der Waals surface area contributed by atoms with Gasteiger partial charge in [0.15, 0.2) is 0 Å². The Morgan fingerprint density at radius 3 is 2.85 bits per heavy atom. The maximum atomic E-state index is 14.0. The molecule has 0 amide bonds. The summed E-state index contributed by atoms with van der Waals surface area (Å²) in [5, 5.41) is 8.91. The van der Waals surface area contributed by atoms with Crippen molar-refractivity contribution in [3.63, 3.8) is 0 Å². The molecule has 3 atom stereocenters. The molecule has 1 saturated heterocycles. The molecule has 4 nitrogen and oxygen atoms in total. The van der Waals surface area contributed by atoms with Gasteiger partial charge in [0.05, 0.1) is 11.6 Å². The van der Waals surface area contributed by atoms with Crippen LogP contribution in [0.2, 0.25) is 0 Å². The van der Waals surface area contributed by atoms with Crippen LogP contribution in [0.15, 0.2) is 42.5 Å². The Balaban J connectivity index is 1.63. The Kier molecular flexibility index (Phi) is 4.62. The number of fused-ring (bicyclic) bond motifs is 1. The second-order valence-corrected chi connectivity index (χ2v) is 7.16. The third-order valence-electron chi connectivity index (χ3n) is 5.42. The zero-order valence-corrected chi connectivity index (χ0v) is 14.6. The predicted molar refractivity (Wildman–Crippen MR) is 97.2 cm³/mol. The third kappa shape index (κ3) is 3.18. The smallest absolute Gasteiger partial charge is 0.144 e. The summed E-state index contributed by atoms with van der Waals surface area (Å²) < 4.78 is 20.2. The van der Waals surface area contributed by atoms with Gasteiger partial charge in [-0.05, 0) is 49.1 Å². The molecule has 0 saturated carbocycles. The normalized spacial score (nSPS) is 25.5. The van der Waals surface area contributed by atoms with Gasteiger partial charge in [0.1, 0.15) is 23.7 Å². The number of piperidine rings is 1. The molecule has 0 spiro atoms. The van der Waals surface area contributed by atoms with Gasteiger partial charge in [-0.3, -0.25) is 4.90 Å². The maximum absolute atomic E-state index is 14.0. The molecular formula is C21H22FN3O. The van der Waals surface area contributed by atoms with Gasteiger partial charge < -0.3 is 10.5 Å². The predicted octanol–water partition coefficient (Wildman–Crippen LogP) is 3.17. The molecule has 0 unspecified atom stereocenters. The van der Waals surface area contributed by atoms with Crippen LogP contribution in [-0.2, 0) is 6.42 Å². The van der Waals surface area contributed by atoms with Gasteiger partial charge >= 0.3 is 0 Å². The van der Waals surface area contributed by atoms with Crippen molar-refractivity contribution in [1.82, 2.24) is 4.90 Å². The van der Waals surface area contributed by atoms with E-state index >= 15 is 0 Å². The Morgan fingerprint density at radius 2 is 2.08 bits per heavy atom. The number of ether oxygens (including phenoxy) is 1. The zero-order chi connectivity index (χ0) is 18.1. The van der Waals surface area contributed by atoms with Crippen molar-refractivity contribution >= 4 is 0 Å². The van der Waals surface area contributed by atoms with Crippen LogP contribution >= 0.6 is 0 Å². The number of nitrogens with zero attached hydrogens (tertiary/aromatic N) is 2. The van der Waals surface area contributed by atoms with Gasteiger partial charge in [-0.2, -0.15) is 5.26 Å². The molecule has 5 heteroatoms. The Hall–Kier alpha value is -2.42. The SMILES string of the molecule is N#Cc1ccc(O[C@@H]2c3ccccc3C[C@H]2N2CCC[C@H](N)C2)cc1F. The maximum Gasteiger partial charge on any atom is 0.144 e. The molecular weight excluding hydrogens is 329 g/mol. The molecule has 0 aromatic heterocycles. The van der Waals surface area contributed by atoms with E-state index in [0.717, 1.165) is 37.9 Å². The summed E-state index contributed by atoms with van der Waals surface area (Å²) in [6.07, 6.45) is 2.89. The second kappa shape index (κ2) is 7.06. The van der Waals surface area contributed by atoms with Crippen LogP contribution in [0.25, 0.3) is 0 Å². The summed E-state index contributed by atoms with van der Waals surface area (Å²) in [5.41, 5.74) is 8.64. The number of benzene rings is 2. The molecule has 26 heavy (non-hydrogen) atoms. The van der Waals surface area contributed by atoms with E-state index in [0.29, 0.717) is 5.75 Å². The van der Waals surface area contributed by atoms with E-state index in [4.69, 9.17) is 15.7 Å². The highest BCUT2D eigenvalue weighted by molar-refractivity contribution is 5.40. The fraction of sp³-hybridized carbons (Fsp3) is 0.381. The lowest BCUT2D eigenvalue weighted by Gasteiger charge is -2.38. The van der Waals surface area contributed by atoms with E-state index < -0.39 is 5.82 Å². The number of hydrogen-bond acceptors (Lipinski definition) is 4. The van der Waals surface area contributed by atoms with Crippen LogP contribution in [0.1, 0.15) is 35.6 Å². The highest BCUT2D eigenvalue weighted by atomic mass is 19.1. The molecule has 134 valence electrons. The second-order valence-electron chi connectivity index (χ2n) is 7.16. The van der Waals surface area contributed by atoms with Crippen molar-refractivity contribution in [3.05, 3.63) is 65.0 Å². The van der Waals surface area contributed by atoms with E-state index in [-0.39, 0.29) is 23.8 Å². The Morgan fingerprint density at radius 1 is 1.23 bits per heavy atom. The minimum atomic E-state index is -0.548. The molecule has 0 bridgehead atoms. The number of nitriles is 1. The minimum Gasteiger partial charge on any atom is -0.484 e. The molecule has 2 aromatic carbocycles. The number of nitrogens with two attached hydrogens (primary N) is 1. The molecule has 1 heterocycles. The lowest BCUT2D eigenvalue weighted by atomic mass is 10.0. The van der Waals surface area contributed by atoms with E-state index in [1.807, 2.05) is 18.2 Å². The first-order valence-electron chi connectivity index (χ1n) is 9.09. The highest BCUT2D eigenvalue weighted by Gasteiger charge is 2.39. The molecule has 1 aliphatic carbocycles. The van der Waals surface area contributed by atoms with Crippen LogP contribution in [0, 0.1) is 17.1 Å². The van der Waals surface area contributed by atoms with E-state index in [1.54, 1.807) is 6.07 Å². The van der Waals surface area contributed by atoms with Gasteiger partial charge in [-0.15, -0.1) is 0 Å². The molecule has 2 N–H and O–H groups in total. The third-order valence-corrected chi connectivity index (χ3v) is 5.42. The van der Waals surface area contributed by atoms with Gasteiger partial charge in [0.2, 0.25) is 0 Å². The minimum absolute atomic E-state index is 0.0303. The van der Waals surface area contributed by atoms with Crippen LogP contribution < -0.4 is 10.5 Å². The topological polar surface area (TPSA) is 62.3 Å². The molecule has 4 rings (SSSR count). The standard InChI is InChI=1S/C21H22FN3O/c22-19-11-17(8-7-15(19)12-23)26-21-18-6-2-1-4-14(18)10-20(21)25-9-3-5-16(24)13-25/h1-2,4,6-8,11,16,20-21H,3,5,9-10,13,24H2/t16-,20+,21+/m0/s1. The summed E-state index contributed by atoms with van der Waals surface area (Å²) in [6, 6.07) is 15.0. The molecule has 2 aromatic rings. The molecule has 2 aliphatic rings. The van der Waals surface area contributed by atoms with Gasteiger partial charge in [0, 0.05) is 18.7 Å². The van der Waals surface area contributed by atoms with Gasteiger partial charge in [-0.25, -0.2) is 4.39 Å². The molecule has 1 aliphatic heterocycles. The molecule has 0 radical (unpaired) electrons. The van der Waals surface area contributed by atoms with E-state index in [9.17, 15) is 4.39 Å². The van der Waals surface area contributed by atoms with Crippen molar-refractivity contribution in [2.75, 3.05) is 13.1 Å². The first kappa shape index (κ1) is 17.0. The Labute approximate surface area is 153 Å². The summed E-state index contributed by atoms with van der Waals surface area (Å²) in [7, 11) is 0. The van der Waals surface area contributed by atoms with Crippen LogP contribution in [0.4, 0.5) is 4.39 Å². The monoisotopic (exact) mass is 351 g/mol. The van der Waals surface area contributed by atoms with E-state index in [1.165, 1.54) is 17.7 Å². The first-order chi connectivity index (χ1) is 12.7. The zero-order valence-electron chi connectivity index (χ0n) is 14.6. The largest absolute Gasteiger partial charge is 0.484 e. The molecule has 1 fully saturated rings. The fourth-order valence-electron chi connectivity index (χ4n) is 4.15. The van der Waals surface area contributed by atoms with Crippen molar-refractivity contribution in [2.24, 2.45) is 5.73 Å². The number of rotatable bonds is 3. The van der Waals surface area contributed by atoms with E-state index in [2.05, 4.69) is 17.0 Å². The van der Waals surface area contributed by atoms with Crippen molar-refractivity contribution in [1.29, 1.82) is 5.26 Å². The summed E-state index contributed by atoms with van der Waals surface area (Å²) in [5.74, 6) is -0.0951. The van der Waals surface area contributed by atoms with Crippen molar-refractivity contribution in [2.45, 2.75) is 37.5 Å². The van der Waals surface area contributed by atoms with Crippen LogP contribution in [-0.4, -0.2) is 30.1 Å². The van der Waals surface area contributed by atoms with Crippen LogP contribution in [0.5, 0.6) is 5.75 Å². The van der Waals surface area contributed by atoms with Crippen molar-refractivity contribution in [3.8, 4) is 11.8 Å². The number of hydrogen-bond donors (Lipinski definition) is 1. The average Bonchev–Trinajstić information content (AvgIpc) is 3.01. The summed E-state index contributed by atoms with van der Waals surface area (Å²) >= 11 is 0. The Bertz CT molecular complexity index is 847. The lowest BCUT2D eigenvalue weighted by Crippen LogP contribution is -2.49. The number of likely N-dealkylation sites (tertiary alicyclic amines) is 1. The highest BCUT2D eigenvalue weighted by Crippen LogP contribution is 2.39. The quantitative estimate of drug-likeness (QED) is 0.923.